The standard InChI is InChI=1S/C11H14F2N2OS/c1-2-7(10(14)16)15-8-5-3-4-6-9(8)17-11(12)13/h3-7,11,15H,2H2,1H3,(H2,14,16). The average Bonchev–Trinajstić information content (AvgIpc) is 2.26. The monoisotopic (exact) mass is 260 g/mol. The van der Waals surface area contributed by atoms with Gasteiger partial charge in [0.25, 0.3) is 5.76 Å². The van der Waals surface area contributed by atoms with Crippen molar-refractivity contribution in [3.8, 4) is 0 Å². The highest BCUT2D eigenvalue weighted by Gasteiger charge is 2.15. The largest absolute Gasteiger partial charge is 0.373 e. The lowest BCUT2D eigenvalue weighted by molar-refractivity contribution is -0.118. The molecule has 0 aliphatic carbocycles. The molecule has 1 rings (SSSR count). The van der Waals surface area contributed by atoms with Gasteiger partial charge in [-0.1, -0.05) is 30.8 Å². The molecule has 0 radical (unpaired) electrons. The van der Waals surface area contributed by atoms with Gasteiger partial charge in [0.05, 0.1) is 0 Å². The fraction of sp³-hybridized carbons (Fsp3) is 0.364. The maximum Gasteiger partial charge on any atom is 0.288 e. The lowest BCUT2D eigenvalue weighted by Gasteiger charge is -2.17. The predicted octanol–water partition coefficient (Wildman–Crippen LogP) is 2.68. The fourth-order valence-electron chi connectivity index (χ4n) is 1.35. The summed E-state index contributed by atoms with van der Waals surface area (Å²) in [5.74, 6) is -2.99. The van der Waals surface area contributed by atoms with Crippen LogP contribution < -0.4 is 11.1 Å². The van der Waals surface area contributed by atoms with Crippen LogP contribution in [0.5, 0.6) is 0 Å². The van der Waals surface area contributed by atoms with Crippen molar-refractivity contribution < 1.29 is 13.6 Å². The Kier molecular flexibility index (Phi) is 5.21. The topological polar surface area (TPSA) is 55.1 Å². The van der Waals surface area contributed by atoms with Crippen LogP contribution in [0.4, 0.5) is 14.5 Å². The third kappa shape index (κ3) is 4.22. The Bertz CT molecular complexity index is 387. The minimum Gasteiger partial charge on any atom is -0.373 e. The number of alkyl halides is 2. The first-order valence-electron chi connectivity index (χ1n) is 5.14. The molecule has 0 heterocycles. The number of nitrogens with two attached hydrogens (primary N) is 1. The van der Waals surface area contributed by atoms with Gasteiger partial charge in [-0.3, -0.25) is 4.79 Å². The molecule has 1 atom stereocenters. The van der Waals surface area contributed by atoms with E-state index in [0.717, 1.165) is 0 Å². The summed E-state index contributed by atoms with van der Waals surface area (Å²) in [6.45, 7) is 1.80. The zero-order valence-corrected chi connectivity index (χ0v) is 10.1. The molecule has 1 aromatic carbocycles. The van der Waals surface area contributed by atoms with Crippen molar-refractivity contribution in [2.24, 2.45) is 5.73 Å². The number of amides is 1. The average molecular weight is 260 g/mol. The lowest BCUT2D eigenvalue weighted by Crippen LogP contribution is -2.34. The van der Waals surface area contributed by atoms with Crippen LogP contribution in [-0.4, -0.2) is 17.7 Å². The fourth-order valence-corrected chi connectivity index (χ4v) is 1.95. The summed E-state index contributed by atoms with van der Waals surface area (Å²) < 4.78 is 24.6. The van der Waals surface area contributed by atoms with Gasteiger partial charge in [0.2, 0.25) is 5.91 Å². The number of hydrogen-bond donors (Lipinski definition) is 2. The second-order valence-corrected chi connectivity index (χ2v) is 4.41. The van der Waals surface area contributed by atoms with Crippen LogP contribution in [0.1, 0.15) is 13.3 Å². The summed E-state index contributed by atoms with van der Waals surface area (Å²) in [6.07, 6.45) is 0.503. The summed E-state index contributed by atoms with van der Waals surface area (Å²) in [7, 11) is 0. The molecule has 0 aromatic heterocycles. The summed E-state index contributed by atoms with van der Waals surface area (Å²) >= 11 is 0.441. The van der Waals surface area contributed by atoms with Crippen molar-refractivity contribution in [1.29, 1.82) is 0 Å². The van der Waals surface area contributed by atoms with Crippen LogP contribution in [0.15, 0.2) is 29.2 Å². The zero-order chi connectivity index (χ0) is 12.8. The molecule has 6 heteroatoms. The number of hydrogen-bond acceptors (Lipinski definition) is 3. The Morgan fingerprint density at radius 2 is 2.12 bits per heavy atom. The van der Waals surface area contributed by atoms with E-state index >= 15 is 0 Å². The summed E-state index contributed by atoms with van der Waals surface area (Å²) in [5, 5.41) is 2.87. The summed E-state index contributed by atoms with van der Waals surface area (Å²) in [5.41, 5.74) is 5.69. The Balaban J connectivity index is 2.85. The van der Waals surface area contributed by atoms with Crippen molar-refractivity contribution in [3.63, 3.8) is 0 Å². The van der Waals surface area contributed by atoms with Crippen LogP contribution in [0.3, 0.4) is 0 Å². The molecule has 0 spiro atoms. The number of para-hydroxylation sites is 1. The highest BCUT2D eigenvalue weighted by molar-refractivity contribution is 7.99. The minimum absolute atomic E-state index is 0.405. The smallest absolute Gasteiger partial charge is 0.288 e. The van der Waals surface area contributed by atoms with E-state index in [1.807, 2.05) is 0 Å². The second kappa shape index (κ2) is 6.44. The SMILES string of the molecule is CCC(Nc1ccccc1SC(F)F)C(N)=O. The van der Waals surface area contributed by atoms with Crippen LogP contribution in [0.2, 0.25) is 0 Å². The van der Waals surface area contributed by atoms with Crippen LogP contribution in [0.25, 0.3) is 0 Å². The van der Waals surface area contributed by atoms with E-state index in [1.165, 1.54) is 0 Å². The van der Waals surface area contributed by atoms with Gasteiger partial charge in [-0.2, -0.15) is 8.78 Å². The Morgan fingerprint density at radius 1 is 1.47 bits per heavy atom. The van der Waals surface area contributed by atoms with Crippen molar-refractivity contribution in [3.05, 3.63) is 24.3 Å². The lowest BCUT2D eigenvalue weighted by atomic mass is 10.2. The van der Waals surface area contributed by atoms with Crippen molar-refractivity contribution in [2.45, 2.75) is 30.0 Å². The number of halogens is 2. The molecule has 1 unspecified atom stereocenters. The molecule has 0 saturated heterocycles. The van der Waals surface area contributed by atoms with Crippen LogP contribution >= 0.6 is 11.8 Å². The number of rotatable bonds is 6. The maximum atomic E-state index is 12.3. The Labute approximate surface area is 103 Å². The molecule has 17 heavy (non-hydrogen) atoms. The van der Waals surface area contributed by atoms with Gasteiger partial charge in [0, 0.05) is 10.6 Å². The number of nitrogens with one attached hydrogen (secondary N) is 1. The van der Waals surface area contributed by atoms with E-state index in [4.69, 9.17) is 5.73 Å². The van der Waals surface area contributed by atoms with Crippen molar-refractivity contribution in [2.75, 3.05) is 5.32 Å². The Hall–Kier alpha value is -1.30. The molecule has 3 nitrogen and oxygen atoms in total. The predicted molar refractivity (Wildman–Crippen MR) is 65.2 cm³/mol. The van der Waals surface area contributed by atoms with E-state index in [9.17, 15) is 13.6 Å². The van der Waals surface area contributed by atoms with Crippen LogP contribution in [0, 0.1) is 0 Å². The number of benzene rings is 1. The summed E-state index contributed by atoms with van der Waals surface area (Å²) in [4.78, 5) is 11.5. The first kappa shape index (κ1) is 13.8. The molecule has 0 fully saturated rings. The first-order valence-corrected chi connectivity index (χ1v) is 6.02. The number of thioether (sulfide) groups is 1. The molecular formula is C11H14F2N2OS. The molecule has 0 saturated carbocycles. The molecule has 94 valence electrons. The van der Waals surface area contributed by atoms with Gasteiger partial charge in [-0.15, -0.1) is 0 Å². The number of carbonyl (C=O) groups is 1. The minimum atomic E-state index is -2.49. The maximum absolute atomic E-state index is 12.3. The second-order valence-electron chi connectivity index (χ2n) is 3.38. The highest BCUT2D eigenvalue weighted by atomic mass is 32.2. The van der Waals surface area contributed by atoms with Crippen LogP contribution in [-0.2, 0) is 4.79 Å². The summed E-state index contributed by atoms with van der Waals surface area (Å²) in [6, 6.07) is 6.06. The van der Waals surface area contributed by atoms with Gasteiger partial charge < -0.3 is 11.1 Å². The normalized spacial score (nSPS) is 12.5. The zero-order valence-electron chi connectivity index (χ0n) is 9.32. The molecule has 1 amide bonds. The number of anilines is 1. The van der Waals surface area contributed by atoms with Gasteiger partial charge in [-0.05, 0) is 18.6 Å². The Morgan fingerprint density at radius 3 is 2.65 bits per heavy atom. The van der Waals surface area contributed by atoms with Crippen molar-refractivity contribution >= 4 is 23.4 Å². The van der Waals surface area contributed by atoms with E-state index in [0.29, 0.717) is 28.8 Å². The van der Waals surface area contributed by atoms with E-state index in [2.05, 4.69) is 5.32 Å². The third-order valence-electron chi connectivity index (χ3n) is 2.18. The molecular weight excluding hydrogens is 246 g/mol. The first-order chi connectivity index (χ1) is 8.04. The molecule has 3 N–H and O–H groups in total. The van der Waals surface area contributed by atoms with E-state index in [-0.39, 0.29) is 0 Å². The number of carbonyl (C=O) groups excluding carboxylic acids is 1. The molecule has 1 aromatic rings. The quantitative estimate of drug-likeness (QED) is 0.773. The van der Waals surface area contributed by atoms with Gasteiger partial charge in [-0.25, -0.2) is 0 Å². The van der Waals surface area contributed by atoms with Gasteiger partial charge in [0.15, 0.2) is 0 Å². The highest BCUT2D eigenvalue weighted by Crippen LogP contribution is 2.32. The molecule has 0 aliphatic rings. The molecule has 0 bridgehead atoms. The van der Waals surface area contributed by atoms with Crippen molar-refractivity contribution in [1.82, 2.24) is 0 Å². The third-order valence-corrected chi connectivity index (χ3v) is 2.97. The number of primary amides is 1. The van der Waals surface area contributed by atoms with Gasteiger partial charge >= 0.3 is 0 Å². The van der Waals surface area contributed by atoms with Gasteiger partial charge in [0.1, 0.15) is 6.04 Å². The van der Waals surface area contributed by atoms with E-state index in [1.54, 1.807) is 31.2 Å². The molecule has 0 aliphatic heterocycles. The van der Waals surface area contributed by atoms with E-state index < -0.39 is 17.7 Å².